The van der Waals surface area contributed by atoms with Crippen molar-refractivity contribution in [3.05, 3.63) is 78.5 Å². The van der Waals surface area contributed by atoms with Crippen LogP contribution in [-0.2, 0) is 13.0 Å². The molecule has 104 valence electrons. The summed E-state index contributed by atoms with van der Waals surface area (Å²) in [7, 11) is 0. The molecular formula is C21H16N+. The number of benzene rings is 3. The lowest BCUT2D eigenvalue weighted by Gasteiger charge is -2.15. The minimum absolute atomic E-state index is 1.06. The van der Waals surface area contributed by atoms with Crippen molar-refractivity contribution in [3.8, 4) is 11.3 Å². The normalized spacial score (nSPS) is 13.1. The molecule has 5 rings (SSSR count). The first-order valence-electron chi connectivity index (χ1n) is 7.83. The summed E-state index contributed by atoms with van der Waals surface area (Å²) in [5.41, 5.74) is 4.18. The highest BCUT2D eigenvalue weighted by molar-refractivity contribution is 5.98. The van der Waals surface area contributed by atoms with Crippen molar-refractivity contribution < 1.29 is 4.57 Å². The van der Waals surface area contributed by atoms with Gasteiger partial charge in [-0.25, -0.2) is 0 Å². The molecule has 3 aromatic carbocycles. The highest BCUT2D eigenvalue weighted by atomic mass is 15.0. The third kappa shape index (κ3) is 1.69. The van der Waals surface area contributed by atoms with Crippen molar-refractivity contribution in [2.75, 3.05) is 0 Å². The van der Waals surface area contributed by atoms with E-state index in [0.717, 1.165) is 13.0 Å². The zero-order chi connectivity index (χ0) is 14.5. The van der Waals surface area contributed by atoms with Crippen LogP contribution >= 0.6 is 0 Å². The van der Waals surface area contributed by atoms with Crippen LogP contribution in [0.4, 0.5) is 0 Å². The third-order valence-electron chi connectivity index (χ3n) is 4.76. The maximum Gasteiger partial charge on any atom is 0.213 e. The van der Waals surface area contributed by atoms with Gasteiger partial charge in [-0.2, -0.15) is 4.57 Å². The summed E-state index contributed by atoms with van der Waals surface area (Å²) < 4.78 is 2.40. The Morgan fingerprint density at radius 2 is 1.41 bits per heavy atom. The second kappa shape index (κ2) is 4.41. The number of nitrogens with zero attached hydrogens (tertiary/aromatic N) is 1. The van der Waals surface area contributed by atoms with E-state index in [-0.39, 0.29) is 0 Å². The molecule has 1 aliphatic rings. The number of pyridine rings is 1. The Morgan fingerprint density at radius 3 is 2.27 bits per heavy atom. The molecule has 0 saturated heterocycles. The van der Waals surface area contributed by atoms with Crippen molar-refractivity contribution >= 4 is 21.5 Å². The second-order valence-corrected chi connectivity index (χ2v) is 6.09. The number of rotatable bonds is 0. The third-order valence-corrected chi connectivity index (χ3v) is 4.76. The molecule has 2 heterocycles. The molecular weight excluding hydrogens is 266 g/mol. The number of aryl methyl sites for hydroxylation is 2. The standard InChI is InChI=1S/C21H16N/c1-2-7-17-12-19-14-22-10-9-15-5-3-4-8-20(15)21(22)13-18(19)11-16(17)6-1/h1-8,11-14H,9-10H2/q+1. The van der Waals surface area contributed by atoms with Gasteiger partial charge < -0.3 is 0 Å². The van der Waals surface area contributed by atoms with Gasteiger partial charge in [0.25, 0.3) is 0 Å². The Bertz CT molecular complexity index is 1030. The van der Waals surface area contributed by atoms with Crippen LogP contribution < -0.4 is 4.57 Å². The lowest BCUT2D eigenvalue weighted by atomic mass is 9.95. The Kier molecular flexibility index (Phi) is 2.39. The van der Waals surface area contributed by atoms with E-state index in [1.165, 1.54) is 38.4 Å². The topological polar surface area (TPSA) is 3.88 Å². The van der Waals surface area contributed by atoms with E-state index in [1.54, 1.807) is 0 Å². The van der Waals surface area contributed by atoms with Crippen LogP contribution in [-0.4, -0.2) is 0 Å². The Morgan fingerprint density at radius 1 is 0.682 bits per heavy atom. The van der Waals surface area contributed by atoms with Gasteiger partial charge in [-0.15, -0.1) is 0 Å². The average molecular weight is 282 g/mol. The van der Waals surface area contributed by atoms with E-state index >= 15 is 0 Å². The molecule has 1 heteroatoms. The van der Waals surface area contributed by atoms with Crippen LogP contribution in [0.1, 0.15) is 5.56 Å². The van der Waals surface area contributed by atoms with Gasteiger partial charge in [0.15, 0.2) is 12.7 Å². The van der Waals surface area contributed by atoms with Crippen LogP contribution in [0.2, 0.25) is 0 Å². The highest BCUT2D eigenvalue weighted by Crippen LogP contribution is 2.29. The van der Waals surface area contributed by atoms with Gasteiger partial charge in [0, 0.05) is 23.4 Å². The number of hydrogen-bond acceptors (Lipinski definition) is 0. The van der Waals surface area contributed by atoms with Crippen LogP contribution in [0.3, 0.4) is 0 Å². The maximum atomic E-state index is 2.40. The van der Waals surface area contributed by atoms with E-state index in [2.05, 4.69) is 77.5 Å². The average Bonchev–Trinajstić information content (AvgIpc) is 2.58. The molecule has 1 aliphatic heterocycles. The molecule has 0 unspecified atom stereocenters. The van der Waals surface area contributed by atoms with Crippen LogP contribution in [0.15, 0.2) is 72.9 Å². The fourth-order valence-corrected chi connectivity index (χ4v) is 3.63. The first kappa shape index (κ1) is 11.9. The molecule has 0 fully saturated rings. The molecule has 4 aromatic rings. The lowest BCUT2D eigenvalue weighted by Crippen LogP contribution is -2.39. The number of fused-ring (bicyclic) bond motifs is 5. The van der Waals surface area contributed by atoms with E-state index in [4.69, 9.17) is 0 Å². The quantitative estimate of drug-likeness (QED) is 0.330. The summed E-state index contributed by atoms with van der Waals surface area (Å²) in [4.78, 5) is 0. The van der Waals surface area contributed by atoms with E-state index in [9.17, 15) is 0 Å². The number of aromatic nitrogens is 1. The van der Waals surface area contributed by atoms with E-state index in [1.807, 2.05) is 0 Å². The SMILES string of the molecule is c1ccc2c(c1)CC[n+]1cc3cc4ccccc4cc3cc1-2. The molecule has 0 aliphatic carbocycles. The zero-order valence-corrected chi connectivity index (χ0v) is 12.3. The lowest BCUT2D eigenvalue weighted by molar-refractivity contribution is -0.686. The van der Waals surface area contributed by atoms with Gasteiger partial charge in [0.05, 0.1) is 0 Å². The molecule has 0 amide bonds. The van der Waals surface area contributed by atoms with Crippen LogP contribution in [0.25, 0.3) is 32.8 Å². The Labute approximate surface area is 129 Å². The van der Waals surface area contributed by atoms with Gasteiger partial charge in [-0.05, 0) is 39.9 Å². The minimum Gasteiger partial charge on any atom is -0.197 e. The first-order valence-corrected chi connectivity index (χ1v) is 7.83. The van der Waals surface area contributed by atoms with E-state index < -0.39 is 0 Å². The fourth-order valence-electron chi connectivity index (χ4n) is 3.63. The number of hydrogen-bond donors (Lipinski definition) is 0. The van der Waals surface area contributed by atoms with Gasteiger partial charge in [0.1, 0.15) is 0 Å². The molecule has 1 aromatic heterocycles. The van der Waals surface area contributed by atoms with E-state index in [0.29, 0.717) is 0 Å². The fraction of sp³-hybridized carbons (Fsp3) is 0.0952. The summed E-state index contributed by atoms with van der Waals surface area (Å²) in [5.74, 6) is 0. The molecule has 0 N–H and O–H groups in total. The van der Waals surface area contributed by atoms with Crippen LogP contribution in [0, 0.1) is 0 Å². The van der Waals surface area contributed by atoms with Gasteiger partial charge in [-0.1, -0.05) is 42.5 Å². The van der Waals surface area contributed by atoms with Crippen LogP contribution in [0.5, 0.6) is 0 Å². The monoisotopic (exact) mass is 282 g/mol. The molecule has 1 nitrogen and oxygen atoms in total. The Balaban J connectivity index is 1.85. The summed E-state index contributed by atoms with van der Waals surface area (Å²) in [6.45, 7) is 1.06. The predicted molar refractivity (Wildman–Crippen MR) is 90.8 cm³/mol. The zero-order valence-electron chi connectivity index (χ0n) is 12.3. The Hall–Kier alpha value is -2.67. The highest BCUT2D eigenvalue weighted by Gasteiger charge is 2.22. The maximum absolute atomic E-state index is 2.40. The van der Waals surface area contributed by atoms with Crippen molar-refractivity contribution in [2.24, 2.45) is 0 Å². The molecule has 0 saturated carbocycles. The second-order valence-electron chi connectivity index (χ2n) is 6.09. The molecule has 0 spiro atoms. The summed E-state index contributed by atoms with van der Waals surface area (Å²) >= 11 is 0. The van der Waals surface area contributed by atoms with Crippen molar-refractivity contribution in [2.45, 2.75) is 13.0 Å². The van der Waals surface area contributed by atoms with Crippen molar-refractivity contribution in [1.29, 1.82) is 0 Å². The molecule has 22 heavy (non-hydrogen) atoms. The largest absolute Gasteiger partial charge is 0.213 e. The smallest absolute Gasteiger partial charge is 0.197 e. The van der Waals surface area contributed by atoms with Gasteiger partial charge in [-0.3, -0.25) is 0 Å². The first-order chi connectivity index (χ1) is 10.9. The van der Waals surface area contributed by atoms with Crippen molar-refractivity contribution in [3.63, 3.8) is 0 Å². The van der Waals surface area contributed by atoms with Crippen molar-refractivity contribution in [1.82, 2.24) is 0 Å². The minimum atomic E-state index is 1.06. The van der Waals surface area contributed by atoms with Gasteiger partial charge >= 0.3 is 0 Å². The molecule has 0 radical (unpaired) electrons. The summed E-state index contributed by atoms with van der Waals surface area (Å²) in [6, 6.07) is 24.3. The summed E-state index contributed by atoms with van der Waals surface area (Å²) in [6.07, 6.45) is 3.43. The summed E-state index contributed by atoms with van der Waals surface area (Å²) in [5, 5.41) is 5.26. The molecule has 0 bridgehead atoms. The van der Waals surface area contributed by atoms with Gasteiger partial charge in [0.2, 0.25) is 5.69 Å². The molecule has 0 atom stereocenters. The predicted octanol–water partition coefficient (Wildman–Crippen LogP) is 4.50.